The Morgan fingerprint density at radius 2 is 2.14 bits per heavy atom. The van der Waals surface area contributed by atoms with Crippen LogP contribution in [-0.4, -0.2) is 46.1 Å². The maximum atomic E-state index is 11.4. The predicted octanol–water partition coefficient (Wildman–Crippen LogP) is 2.11. The molecule has 118 valence electrons. The Kier molecular flexibility index (Phi) is 3.70. The van der Waals surface area contributed by atoms with Gasteiger partial charge in [-0.3, -0.25) is 4.90 Å². The third-order valence-electron chi connectivity index (χ3n) is 4.41. The molecule has 22 heavy (non-hydrogen) atoms. The van der Waals surface area contributed by atoms with E-state index in [1.807, 2.05) is 13.0 Å². The van der Waals surface area contributed by atoms with E-state index < -0.39 is 0 Å². The maximum Gasteiger partial charge on any atom is 0.315 e. The van der Waals surface area contributed by atoms with Gasteiger partial charge in [0.1, 0.15) is 11.3 Å². The van der Waals surface area contributed by atoms with Gasteiger partial charge in [0.2, 0.25) is 0 Å². The number of primary amides is 1. The monoisotopic (exact) mass is 303 g/mol. The predicted molar refractivity (Wildman–Crippen MR) is 83.5 cm³/mol. The fourth-order valence-corrected chi connectivity index (χ4v) is 3.14. The van der Waals surface area contributed by atoms with Crippen LogP contribution in [0.2, 0.25) is 0 Å². The first-order chi connectivity index (χ1) is 10.5. The van der Waals surface area contributed by atoms with Crippen molar-refractivity contribution in [1.29, 1.82) is 0 Å². The average molecular weight is 303 g/mol. The fraction of sp³-hybridized carbons (Fsp3) is 0.438. The average Bonchev–Trinajstić information content (AvgIpc) is 2.84. The zero-order valence-electron chi connectivity index (χ0n) is 12.8. The lowest BCUT2D eigenvalue weighted by Gasteiger charge is -2.43. The van der Waals surface area contributed by atoms with Gasteiger partial charge >= 0.3 is 6.03 Å². The number of fused-ring (bicyclic) bond motifs is 1. The van der Waals surface area contributed by atoms with Crippen molar-refractivity contribution in [3.8, 4) is 5.75 Å². The molecule has 0 bridgehead atoms. The van der Waals surface area contributed by atoms with Crippen LogP contribution >= 0.6 is 0 Å². The van der Waals surface area contributed by atoms with Crippen LogP contribution in [0.3, 0.4) is 0 Å². The number of nitrogens with zero attached hydrogens (tertiary/aromatic N) is 2. The van der Waals surface area contributed by atoms with E-state index in [1.54, 1.807) is 23.3 Å². The highest BCUT2D eigenvalue weighted by Crippen LogP contribution is 2.27. The Morgan fingerprint density at radius 3 is 2.86 bits per heavy atom. The quantitative estimate of drug-likeness (QED) is 0.890. The van der Waals surface area contributed by atoms with Crippen LogP contribution in [0.25, 0.3) is 11.0 Å². The number of carbonyl (C=O) groups is 1. The van der Waals surface area contributed by atoms with Crippen LogP contribution in [0.4, 0.5) is 4.79 Å². The van der Waals surface area contributed by atoms with Crippen molar-refractivity contribution in [1.82, 2.24) is 9.80 Å². The Morgan fingerprint density at radius 1 is 1.36 bits per heavy atom. The van der Waals surface area contributed by atoms with Crippen LogP contribution in [0.1, 0.15) is 19.4 Å². The van der Waals surface area contributed by atoms with Crippen molar-refractivity contribution < 1.29 is 14.3 Å². The largest absolute Gasteiger partial charge is 0.508 e. The summed E-state index contributed by atoms with van der Waals surface area (Å²) in [6.07, 6.45) is 1.74. The lowest BCUT2D eigenvalue weighted by atomic mass is 10.1. The standard InChI is InChI=1S/C16H21N3O3/c1-10-7-19(16(17)21)11(2)6-18(10)8-12-9-22-15-5-13(20)3-4-14(12)15/h3-5,9-11,20H,6-8H2,1-2H3,(H2,17,21)/t10-,11-/m1/s1. The third kappa shape index (κ3) is 2.62. The first-order valence-electron chi connectivity index (χ1n) is 7.45. The summed E-state index contributed by atoms with van der Waals surface area (Å²) in [5.74, 6) is 0.200. The van der Waals surface area contributed by atoms with Crippen LogP contribution < -0.4 is 5.73 Å². The Hall–Kier alpha value is -2.21. The number of amides is 2. The Labute approximate surface area is 129 Å². The van der Waals surface area contributed by atoms with E-state index in [1.165, 1.54) is 0 Å². The van der Waals surface area contributed by atoms with Crippen molar-refractivity contribution in [3.63, 3.8) is 0 Å². The molecule has 1 saturated heterocycles. The second kappa shape index (κ2) is 5.53. The molecule has 2 aromatic rings. The molecule has 1 fully saturated rings. The van der Waals surface area contributed by atoms with Gasteiger partial charge in [0.05, 0.1) is 6.26 Å². The van der Waals surface area contributed by atoms with Gasteiger partial charge in [-0.2, -0.15) is 0 Å². The summed E-state index contributed by atoms with van der Waals surface area (Å²) in [4.78, 5) is 15.5. The molecule has 2 heterocycles. The number of furan rings is 1. The molecule has 1 aliphatic rings. The van der Waals surface area contributed by atoms with Gasteiger partial charge in [0, 0.05) is 48.7 Å². The topological polar surface area (TPSA) is 82.9 Å². The number of hydrogen-bond acceptors (Lipinski definition) is 4. The van der Waals surface area contributed by atoms with Crippen molar-refractivity contribution >= 4 is 17.0 Å². The van der Waals surface area contributed by atoms with Crippen molar-refractivity contribution in [3.05, 3.63) is 30.0 Å². The summed E-state index contributed by atoms with van der Waals surface area (Å²) in [6, 6.07) is 5.12. The molecule has 3 rings (SSSR count). The maximum absolute atomic E-state index is 11.4. The van der Waals surface area contributed by atoms with Crippen LogP contribution in [0.5, 0.6) is 5.75 Å². The lowest BCUT2D eigenvalue weighted by Crippen LogP contribution is -2.58. The van der Waals surface area contributed by atoms with Crippen molar-refractivity contribution in [2.75, 3.05) is 13.1 Å². The Bertz CT molecular complexity index is 697. The van der Waals surface area contributed by atoms with E-state index >= 15 is 0 Å². The fourth-order valence-electron chi connectivity index (χ4n) is 3.14. The van der Waals surface area contributed by atoms with Gasteiger partial charge in [-0.15, -0.1) is 0 Å². The molecule has 1 aliphatic heterocycles. The minimum Gasteiger partial charge on any atom is -0.508 e. The molecule has 0 spiro atoms. The minimum atomic E-state index is -0.358. The summed E-state index contributed by atoms with van der Waals surface area (Å²) in [7, 11) is 0. The van der Waals surface area contributed by atoms with Gasteiger partial charge in [-0.1, -0.05) is 0 Å². The molecule has 3 N–H and O–H groups in total. The summed E-state index contributed by atoms with van der Waals surface area (Å²) in [5, 5.41) is 10.5. The number of rotatable bonds is 2. The number of phenolic OH excluding ortho intramolecular Hbond substituents is 1. The zero-order chi connectivity index (χ0) is 15.9. The zero-order valence-corrected chi connectivity index (χ0v) is 12.8. The van der Waals surface area contributed by atoms with E-state index in [2.05, 4.69) is 11.8 Å². The normalized spacial score (nSPS) is 23.1. The van der Waals surface area contributed by atoms with Gasteiger partial charge in [0.25, 0.3) is 0 Å². The highest BCUT2D eigenvalue weighted by molar-refractivity contribution is 5.82. The van der Waals surface area contributed by atoms with Crippen LogP contribution in [0.15, 0.2) is 28.9 Å². The summed E-state index contributed by atoms with van der Waals surface area (Å²) >= 11 is 0. The summed E-state index contributed by atoms with van der Waals surface area (Å²) < 4.78 is 5.52. The van der Waals surface area contributed by atoms with E-state index in [0.29, 0.717) is 12.1 Å². The second-order valence-corrected chi connectivity index (χ2v) is 6.06. The summed E-state index contributed by atoms with van der Waals surface area (Å²) in [5.41, 5.74) is 7.19. The third-order valence-corrected chi connectivity index (χ3v) is 4.41. The lowest BCUT2D eigenvalue weighted by molar-refractivity contribution is 0.0613. The smallest absolute Gasteiger partial charge is 0.315 e. The molecule has 2 amide bonds. The molecule has 6 nitrogen and oxygen atoms in total. The number of urea groups is 1. The van der Waals surface area contributed by atoms with Crippen LogP contribution in [-0.2, 0) is 6.54 Å². The van der Waals surface area contributed by atoms with Gasteiger partial charge < -0.3 is 20.2 Å². The highest BCUT2D eigenvalue weighted by Gasteiger charge is 2.31. The van der Waals surface area contributed by atoms with E-state index in [9.17, 15) is 9.90 Å². The molecule has 6 heteroatoms. The number of phenols is 1. The molecular weight excluding hydrogens is 282 g/mol. The molecule has 0 unspecified atom stereocenters. The minimum absolute atomic E-state index is 0.0934. The van der Waals surface area contributed by atoms with Gasteiger partial charge in [-0.25, -0.2) is 4.79 Å². The van der Waals surface area contributed by atoms with E-state index in [0.717, 1.165) is 24.0 Å². The number of nitrogens with two attached hydrogens (primary N) is 1. The molecule has 1 aromatic heterocycles. The molecule has 1 aromatic carbocycles. The number of benzene rings is 1. The summed E-state index contributed by atoms with van der Waals surface area (Å²) in [6.45, 7) is 6.25. The van der Waals surface area contributed by atoms with Crippen molar-refractivity contribution in [2.45, 2.75) is 32.5 Å². The molecule has 0 radical (unpaired) electrons. The molecule has 0 aliphatic carbocycles. The second-order valence-electron chi connectivity index (χ2n) is 6.06. The number of carbonyl (C=O) groups excluding carboxylic acids is 1. The van der Waals surface area contributed by atoms with Crippen LogP contribution in [0, 0.1) is 0 Å². The van der Waals surface area contributed by atoms with Gasteiger partial charge in [0.15, 0.2) is 0 Å². The van der Waals surface area contributed by atoms with Crippen molar-refractivity contribution in [2.24, 2.45) is 5.73 Å². The molecule has 2 atom stereocenters. The number of hydrogen-bond donors (Lipinski definition) is 2. The molecule has 0 saturated carbocycles. The van der Waals surface area contributed by atoms with E-state index in [4.69, 9.17) is 10.2 Å². The first kappa shape index (κ1) is 14.7. The molecular formula is C16H21N3O3. The number of aromatic hydroxyl groups is 1. The number of piperazine rings is 1. The SMILES string of the molecule is C[C@@H]1CN(C(N)=O)[C@H](C)CN1Cc1coc2cc(O)ccc12. The van der Waals surface area contributed by atoms with Gasteiger partial charge in [-0.05, 0) is 26.0 Å². The Balaban J connectivity index is 1.79. The highest BCUT2D eigenvalue weighted by atomic mass is 16.3. The van der Waals surface area contributed by atoms with E-state index in [-0.39, 0.29) is 23.9 Å². The first-order valence-corrected chi connectivity index (χ1v) is 7.45.